The molecule has 0 aromatic rings. The number of carboxylic acids is 1. The van der Waals surface area contributed by atoms with Gasteiger partial charge in [0.2, 0.25) is 0 Å². The highest BCUT2D eigenvalue weighted by molar-refractivity contribution is 5.66. The lowest BCUT2D eigenvalue weighted by Gasteiger charge is -2.07. The largest absolute Gasteiger partial charge is 0.481 e. The van der Waals surface area contributed by atoms with Crippen LogP contribution in [-0.2, 0) is 4.79 Å². The smallest absolute Gasteiger partial charge is 0.303 e. The molecule has 2 heteroatoms. The SMILES string of the molecule is [2H]C([2H])([2H])C([2H])([2H])CC[C@@H](C)CCC(=O)O. The molecular formula is C9H18O2. The van der Waals surface area contributed by atoms with Gasteiger partial charge in [-0.3, -0.25) is 4.79 Å². The molecule has 0 aliphatic carbocycles. The molecule has 0 rings (SSSR count). The number of rotatable bonds is 6. The van der Waals surface area contributed by atoms with Crippen LogP contribution in [0.4, 0.5) is 0 Å². The maximum absolute atomic E-state index is 10.3. The van der Waals surface area contributed by atoms with Crippen LogP contribution in [0.25, 0.3) is 0 Å². The van der Waals surface area contributed by atoms with E-state index in [-0.39, 0.29) is 18.8 Å². The third-order valence-electron chi connectivity index (χ3n) is 1.61. The molecule has 0 amide bonds. The van der Waals surface area contributed by atoms with Gasteiger partial charge in [0.05, 0.1) is 0 Å². The van der Waals surface area contributed by atoms with Crippen molar-refractivity contribution in [2.45, 2.75) is 45.8 Å². The second kappa shape index (κ2) is 6.20. The van der Waals surface area contributed by atoms with Gasteiger partial charge in [-0.25, -0.2) is 0 Å². The van der Waals surface area contributed by atoms with Crippen molar-refractivity contribution in [2.75, 3.05) is 0 Å². The van der Waals surface area contributed by atoms with E-state index in [4.69, 9.17) is 12.0 Å². The lowest BCUT2D eigenvalue weighted by atomic mass is 9.99. The predicted octanol–water partition coefficient (Wildman–Crippen LogP) is 2.68. The molecule has 0 aromatic carbocycles. The molecule has 0 radical (unpaired) electrons. The fraction of sp³-hybridized carbons (Fsp3) is 0.889. The Kier molecular flexibility index (Phi) is 2.53. The molecule has 0 fully saturated rings. The minimum atomic E-state index is -2.61. The predicted molar refractivity (Wildman–Crippen MR) is 45.6 cm³/mol. The quantitative estimate of drug-likeness (QED) is 0.653. The highest BCUT2D eigenvalue weighted by Crippen LogP contribution is 2.13. The standard InChI is InChI=1S/C9H18O2/c1-3-4-5-8(2)6-7-9(10)11/h8H,3-7H2,1-2H3,(H,10,11)/t8-/m1/s1/i1D3,3D2. The molecule has 66 valence electrons. The summed E-state index contributed by atoms with van der Waals surface area (Å²) >= 11 is 0. The fourth-order valence-corrected chi connectivity index (χ4v) is 0.833. The zero-order valence-electron chi connectivity index (χ0n) is 11.8. The number of hydrogen-bond acceptors (Lipinski definition) is 1. The third-order valence-corrected chi connectivity index (χ3v) is 1.61. The van der Waals surface area contributed by atoms with Gasteiger partial charge < -0.3 is 5.11 Å². The molecule has 1 N–H and O–H groups in total. The van der Waals surface area contributed by atoms with Crippen LogP contribution < -0.4 is 0 Å². The van der Waals surface area contributed by atoms with Crippen LogP contribution in [0.3, 0.4) is 0 Å². The van der Waals surface area contributed by atoms with E-state index in [0.29, 0.717) is 12.8 Å². The van der Waals surface area contributed by atoms with E-state index >= 15 is 0 Å². The van der Waals surface area contributed by atoms with Gasteiger partial charge >= 0.3 is 5.97 Å². The van der Waals surface area contributed by atoms with Crippen LogP contribution in [0.2, 0.25) is 0 Å². The Morgan fingerprint density at radius 1 is 1.73 bits per heavy atom. The normalized spacial score (nSPS) is 22.1. The molecule has 0 aliphatic heterocycles. The van der Waals surface area contributed by atoms with Crippen molar-refractivity contribution in [1.82, 2.24) is 0 Å². The summed E-state index contributed by atoms with van der Waals surface area (Å²) in [7, 11) is 0. The Morgan fingerprint density at radius 3 is 3.00 bits per heavy atom. The molecule has 0 aromatic heterocycles. The second-order valence-corrected chi connectivity index (χ2v) is 2.75. The van der Waals surface area contributed by atoms with Gasteiger partial charge in [-0.2, -0.15) is 0 Å². The Balaban J connectivity index is 4.00. The first kappa shape index (κ1) is 4.48. The van der Waals surface area contributed by atoms with E-state index in [2.05, 4.69) is 0 Å². The Morgan fingerprint density at radius 2 is 2.45 bits per heavy atom. The maximum Gasteiger partial charge on any atom is 0.303 e. The topological polar surface area (TPSA) is 37.3 Å². The fourth-order valence-electron chi connectivity index (χ4n) is 0.833. The van der Waals surface area contributed by atoms with Gasteiger partial charge in [0.25, 0.3) is 0 Å². The molecule has 0 bridgehead atoms. The number of hydrogen-bond donors (Lipinski definition) is 1. The van der Waals surface area contributed by atoms with Crippen molar-refractivity contribution in [3.63, 3.8) is 0 Å². The lowest BCUT2D eigenvalue weighted by molar-refractivity contribution is -0.137. The van der Waals surface area contributed by atoms with Gasteiger partial charge in [0.15, 0.2) is 0 Å². The number of carboxylic acid groups (broad SMARTS) is 1. The van der Waals surface area contributed by atoms with Gasteiger partial charge in [0.1, 0.15) is 0 Å². The van der Waals surface area contributed by atoms with Crippen LogP contribution in [0.1, 0.15) is 52.7 Å². The summed E-state index contributed by atoms with van der Waals surface area (Å²) < 4.78 is 35.8. The molecule has 0 unspecified atom stereocenters. The Bertz CT molecular complexity index is 237. The Labute approximate surface area is 75.6 Å². The summed E-state index contributed by atoms with van der Waals surface area (Å²) in [4.78, 5) is 10.3. The van der Waals surface area contributed by atoms with Crippen LogP contribution in [0.5, 0.6) is 0 Å². The number of carbonyl (C=O) groups is 1. The first-order valence-electron chi connectivity index (χ1n) is 6.28. The average Bonchev–Trinajstić information content (AvgIpc) is 2.09. The van der Waals surface area contributed by atoms with Crippen LogP contribution in [0.15, 0.2) is 0 Å². The summed E-state index contributed by atoms with van der Waals surface area (Å²) in [5, 5.41) is 8.46. The second-order valence-electron chi connectivity index (χ2n) is 2.75. The molecule has 0 spiro atoms. The minimum Gasteiger partial charge on any atom is -0.481 e. The molecule has 2 nitrogen and oxygen atoms in total. The van der Waals surface area contributed by atoms with E-state index in [1.54, 1.807) is 6.92 Å². The van der Waals surface area contributed by atoms with Crippen molar-refractivity contribution in [3.8, 4) is 0 Å². The molecule has 0 saturated heterocycles. The minimum absolute atomic E-state index is 0.0218. The zero-order valence-corrected chi connectivity index (χ0v) is 6.76. The summed E-state index contributed by atoms with van der Waals surface area (Å²) in [6, 6.07) is 0. The monoisotopic (exact) mass is 163 g/mol. The Hall–Kier alpha value is -0.530. The van der Waals surface area contributed by atoms with Crippen molar-refractivity contribution in [3.05, 3.63) is 0 Å². The molecule has 0 heterocycles. The summed E-state index contributed by atoms with van der Waals surface area (Å²) in [5.41, 5.74) is 0. The van der Waals surface area contributed by atoms with E-state index in [0.717, 1.165) is 0 Å². The van der Waals surface area contributed by atoms with Crippen LogP contribution in [-0.4, -0.2) is 11.1 Å². The third kappa shape index (κ3) is 7.37. The zero-order chi connectivity index (χ0) is 13.0. The summed E-state index contributed by atoms with van der Waals surface area (Å²) in [6.07, 6.45) is -1.38. The van der Waals surface area contributed by atoms with E-state index in [1.165, 1.54) is 0 Å². The van der Waals surface area contributed by atoms with Crippen molar-refractivity contribution >= 4 is 5.97 Å². The van der Waals surface area contributed by atoms with Gasteiger partial charge in [-0.1, -0.05) is 33.0 Å². The van der Waals surface area contributed by atoms with E-state index in [9.17, 15) is 4.79 Å². The maximum atomic E-state index is 10.3. The highest BCUT2D eigenvalue weighted by Gasteiger charge is 2.03. The first-order chi connectivity index (χ1) is 7.06. The first-order valence-corrected chi connectivity index (χ1v) is 3.78. The van der Waals surface area contributed by atoms with E-state index < -0.39 is 19.2 Å². The lowest BCUT2D eigenvalue weighted by Crippen LogP contribution is -2.00. The molecule has 0 saturated carbocycles. The molecular weight excluding hydrogens is 140 g/mol. The van der Waals surface area contributed by atoms with Crippen LogP contribution >= 0.6 is 0 Å². The van der Waals surface area contributed by atoms with Gasteiger partial charge in [-0.15, -0.1) is 0 Å². The van der Waals surface area contributed by atoms with Crippen molar-refractivity contribution in [2.24, 2.45) is 5.92 Å². The molecule has 11 heavy (non-hydrogen) atoms. The van der Waals surface area contributed by atoms with Gasteiger partial charge in [0, 0.05) is 13.3 Å². The number of aliphatic carboxylic acids is 1. The van der Waals surface area contributed by atoms with Gasteiger partial charge in [-0.05, 0) is 12.3 Å². The summed E-state index contributed by atoms with van der Waals surface area (Å²) in [5.74, 6) is -0.862. The average molecular weight is 163 g/mol. The van der Waals surface area contributed by atoms with Crippen molar-refractivity contribution < 1.29 is 16.8 Å². The highest BCUT2D eigenvalue weighted by atomic mass is 16.4. The van der Waals surface area contributed by atoms with E-state index in [1.807, 2.05) is 0 Å². The van der Waals surface area contributed by atoms with Crippen LogP contribution in [0, 0.1) is 5.92 Å². The molecule has 1 atom stereocenters. The van der Waals surface area contributed by atoms with Crippen molar-refractivity contribution in [1.29, 1.82) is 0 Å². The summed E-state index contributed by atoms with van der Waals surface area (Å²) in [6.45, 7) is -0.807. The molecule has 0 aliphatic rings.